The van der Waals surface area contributed by atoms with Crippen molar-refractivity contribution in [3.8, 4) is 5.75 Å². The quantitative estimate of drug-likeness (QED) is 0.775. The molecule has 0 heterocycles. The average molecular weight is 193 g/mol. The second kappa shape index (κ2) is 4.47. The Balaban J connectivity index is 3.01. The number of rotatable bonds is 3. The van der Waals surface area contributed by atoms with Crippen LogP contribution >= 0.6 is 0 Å². The minimum atomic E-state index is 0.219. The third-order valence-electron chi connectivity index (χ3n) is 2.61. The van der Waals surface area contributed by atoms with Gasteiger partial charge >= 0.3 is 0 Å². The molecule has 0 radical (unpaired) electrons. The van der Waals surface area contributed by atoms with E-state index in [0.29, 0.717) is 18.2 Å². The fourth-order valence-corrected chi connectivity index (χ4v) is 1.46. The predicted octanol–water partition coefficient (Wildman–Crippen LogP) is 2.58. The molecule has 1 rings (SSSR count). The van der Waals surface area contributed by atoms with Gasteiger partial charge in [0.05, 0.1) is 0 Å². The normalized spacial score (nSPS) is 13.2. The largest absolute Gasteiger partial charge is 0.508 e. The summed E-state index contributed by atoms with van der Waals surface area (Å²) in [5, 5.41) is 9.79. The standard InChI is InChI=1S/C12H19NO/c1-8(2)10-4-5-11(9(3)7-13)12(14)6-10/h4-6,8-9,14H,7,13H2,1-3H3. The molecule has 3 N–H and O–H groups in total. The Morgan fingerprint density at radius 1 is 1.29 bits per heavy atom. The van der Waals surface area contributed by atoms with E-state index in [4.69, 9.17) is 5.73 Å². The molecule has 0 amide bonds. The lowest BCUT2D eigenvalue weighted by molar-refractivity contribution is 0.462. The number of aromatic hydroxyl groups is 1. The molecule has 14 heavy (non-hydrogen) atoms. The molecule has 78 valence electrons. The highest BCUT2D eigenvalue weighted by atomic mass is 16.3. The monoisotopic (exact) mass is 193 g/mol. The summed E-state index contributed by atoms with van der Waals surface area (Å²) >= 11 is 0. The first-order chi connectivity index (χ1) is 6.56. The van der Waals surface area contributed by atoms with Gasteiger partial charge in [-0.3, -0.25) is 0 Å². The van der Waals surface area contributed by atoms with Gasteiger partial charge in [0, 0.05) is 0 Å². The molecule has 1 atom stereocenters. The van der Waals surface area contributed by atoms with Crippen molar-refractivity contribution in [2.24, 2.45) is 5.73 Å². The Labute approximate surface area is 85.8 Å². The van der Waals surface area contributed by atoms with Gasteiger partial charge in [0.2, 0.25) is 0 Å². The second-order valence-electron chi connectivity index (χ2n) is 4.11. The fraction of sp³-hybridized carbons (Fsp3) is 0.500. The van der Waals surface area contributed by atoms with Gasteiger partial charge in [0.15, 0.2) is 0 Å². The minimum absolute atomic E-state index is 0.219. The Kier molecular flexibility index (Phi) is 3.53. The zero-order valence-electron chi connectivity index (χ0n) is 9.12. The van der Waals surface area contributed by atoms with E-state index in [2.05, 4.69) is 19.9 Å². The molecule has 0 saturated heterocycles. The van der Waals surface area contributed by atoms with Crippen molar-refractivity contribution in [3.05, 3.63) is 29.3 Å². The molecule has 0 aliphatic rings. The highest BCUT2D eigenvalue weighted by Crippen LogP contribution is 2.28. The molecule has 0 fully saturated rings. The Bertz CT molecular complexity index is 307. The Morgan fingerprint density at radius 2 is 1.93 bits per heavy atom. The summed E-state index contributed by atoms with van der Waals surface area (Å²) in [6, 6.07) is 5.88. The third-order valence-corrected chi connectivity index (χ3v) is 2.61. The van der Waals surface area contributed by atoms with E-state index >= 15 is 0 Å². The first-order valence-corrected chi connectivity index (χ1v) is 5.09. The van der Waals surface area contributed by atoms with E-state index in [0.717, 1.165) is 11.1 Å². The van der Waals surface area contributed by atoms with Crippen LogP contribution in [0.15, 0.2) is 18.2 Å². The molecule has 0 aromatic heterocycles. The van der Waals surface area contributed by atoms with Crippen LogP contribution in [-0.4, -0.2) is 11.7 Å². The number of phenolic OH excluding ortho intramolecular Hbond substituents is 1. The van der Waals surface area contributed by atoms with E-state index in [1.54, 1.807) is 0 Å². The van der Waals surface area contributed by atoms with Crippen LogP contribution in [0.5, 0.6) is 5.75 Å². The first kappa shape index (κ1) is 11.1. The number of hydrogen-bond donors (Lipinski definition) is 2. The van der Waals surface area contributed by atoms with Gasteiger partial charge in [-0.25, -0.2) is 0 Å². The van der Waals surface area contributed by atoms with Crippen LogP contribution < -0.4 is 5.73 Å². The molecule has 1 aromatic carbocycles. The SMILES string of the molecule is CC(C)c1ccc(C(C)CN)c(O)c1. The fourth-order valence-electron chi connectivity index (χ4n) is 1.46. The molecule has 0 aliphatic heterocycles. The zero-order chi connectivity index (χ0) is 10.7. The summed E-state index contributed by atoms with van der Waals surface area (Å²) in [5.74, 6) is 1.04. The van der Waals surface area contributed by atoms with Gasteiger partial charge < -0.3 is 10.8 Å². The minimum Gasteiger partial charge on any atom is -0.508 e. The number of hydrogen-bond acceptors (Lipinski definition) is 2. The van der Waals surface area contributed by atoms with Crippen molar-refractivity contribution in [1.82, 2.24) is 0 Å². The second-order valence-corrected chi connectivity index (χ2v) is 4.11. The van der Waals surface area contributed by atoms with Crippen LogP contribution in [0.1, 0.15) is 43.7 Å². The smallest absolute Gasteiger partial charge is 0.119 e. The van der Waals surface area contributed by atoms with Crippen molar-refractivity contribution in [3.63, 3.8) is 0 Å². The van der Waals surface area contributed by atoms with Crippen LogP contribution in [0.4, 0.5) is 0 Å². The highest BCUT2D eigenvalue weighted by molar-refractivity contribution is 5.39. The average Bonchev–Trinajstić information content (AvgIpc) is 2.16. The van der Waals surface area contributed by atoms with Gasteiger partial charge in [0.25, 0.3) is 0 Å². The Morgan fingerprint density at radius 3 is 2.36 bits per heavy atom. The van der Waals surface area contributed by atoms with Crippen LogP contribution in [0, 0.1) is 0 Å². The van der Waals surface area contributed by atoms with Crippen molar-refractivity contribution < 1.29 is 5.11 Å². The lowest BCUT2D eigenvalue weighted by atomic mass is 9.95. The van der Waals surface area contributed by atoms with Crippen molar-refractivity contribution in [1.29, 1.82) is 0 Å². The molecule has 2 heteroatoms. The van der Waals surface area contributed by atoms with Gasteiger partial charge in [-0.2, -0.15) is 0 Å². The Hall–Kier alpha value is -1.02. The summed E-state index contributed by atoms with van der Waals surface area (Å²) < 4.78 is 0. The van der Waals surface area contributed by atoms with Crippen molar-refractivity contribution in [2.45, 2.75) is 32.6 Å². The summed E-state index contributed by atoms with van der Waals surface area (Å²) in [6.45, 7) is 6.81. The molecular weight excluding hydrogens is 174 g/mol. The maximum Gasteiger partial charge on any atom is 0.119 e. The van der Waals surface area contributed by atoms with Crippen LogP contribution in [-0.2, 0) is 0 Å². The van der Waals surface area contributed by atoms with E-state index in [1.807, 2.05) is 19.1 Å². The summed E-state index contributed by atoms with van der Waals surface area (Å²) in [6.07, 6.45) is 0. The first-order valence-electron chi connectivity index (χ1n) is 5.09. The van der Waals surface area contributed by atoms with E-state index in [1.165, 1.54) is 0 Å². The molecule has 2 nitrogen and oxygen atoms in total. The molecule has 1 aromatic rings. The van der Waals surface area contributed by atoms with Crippen LogP contribution in [0.2, 0.25) is 0 Å². The predicted molar refractivity (Wildman–Crippen MR) is 59.7 cm³/mol. The van der Waals surface area contributed by atoms with Crippen molar-refractivity contribution >= 4 is 0 Å². The maximum atomic E-state index is 9.79. The van der Waals surface area contributed by atoms with E-state index in [-0.39, 0.29) is 5.92 Å². The van der Waals surface area contributed by atoms with Crippen LogP contribution in [0.3, 0.4) is 0 Å². The lowest BCUT2D eigenvalue weighted by Crippen LogP contribution is -2.09. The number of nitrogens with two attached hydrogens (primary N) is 1. The molecule has 0 aliphatic carbocycles. The highest BCUT2D eigenvalue weighted by Gasteiger charge is 2.10. The van der Waals surface area contributed by atoms with E-state index in [9.17, 15) is 5.11 Å². The summed E-state index contributed by atoms with van der Waals surface area (Å²) in [4.78, 5) is 0. The third kappa shape index (κ3) is 2.26. The molecular formula is C12H19NO. The summed E-state index contributed by atoms with van der Waals surface area (Å²) in [5.41, 5.74) is 7.66. The van der Waals surface area contributed by atoms with Crippen molar-refractivity contribution in [2.75, 3.05) is 6.54 Å². The lowest BCUT2D eigenvalue weighted by Gasteiger charge is -2.13. The van der Waals surface area contributed by atoms with Crippen LogP contribution in [0.25, 0.3) is 0 Å². The summed E-state index contributed by atoms with van der Waals surface area (Å²) in [7, 11) is 0. The molecule has 0 spiro atoms. The number of benzene rings is 1. The van der Waals surface area contributed by atoms with Gasteiger partial charge in [0.1, 0.15) is 5.75 Å². The van der Waals surface area contributed by atoms with E-state index < -0.39 is 0 Å². The van der Waals surface area contributed by atoms with Gasteiger partial charge in [-0.05, 0) is 35.6 Å². The molecule has 0 bridgehead atoms. The number of phenols is 1. The topological polar surface area (TPSA) is 46.2 Å². The zero-order valence-corrected chi connectivity index (χ0v) is 9.12. The van der Waals surface area contributed by atoms with Gasteiger partial charge in [-0.1, -0.05) is 32.9 Å². The van der Waals surface area contributed by atoms with Gasteiger partial charge in [-0.15, -0.1) is 0 Å². The maximum absolute atomic E-state index is 9.79. The molecule has 1 unspecified atom stereocenters. The molecule has 0 saturated carbocycles.